The predicted molar refractivity (Wildman–Crippen MR) is 70.5 cm³/mol. The van der Waals surface area contributed by atoms with Gasteiger partial charge in [0.15, 0.2) is 0 Å². The van der Waals surface area contributed by atoms with Crippen molar-refractivity contribution in [2.75, 3.05) is 26.3 Å². The standard InChI is InChI=1S/C14H17F3N2O2/c15-14(16,17)9-21-8-13(20)19-6-5-10-3-1-2-4-11(10)12(19)7-18/h1-4,12H,5-9,18H2. The number of amides is 1. The summed E-state index contributed by atoms with van der Waals surface area (Å²) in [5.41, 5.74) is 7.80. The molecule has 0 spiro atoms. The number of benzene rings is 1. The summed E-state index contributed by atoms with van der Waals surface area (Å²) in [6, 6.07) is 7.33. The van der Waals surface area contributed by atoms with Crippen molar-refractivity contribution >= 4 is 5.91 Å². The van der Waals surface area contributed by atoms with Crippen LogP contribution < -0.4 is 5.73 Å². The van der Waals surface area contributed by atoms with Crippen LogP contribution in [0.15, 0.2) is 24.3 Å². The third-order valence-corrected chi connectivity index (χ3v) is 3.45. The van der Waals surface area contributed by atoms with Crippen LogP contribution in [0, 0.1) is 0 Å². The average Bonchev–Trinajstić information content (AvgIpc) is 2.44. The average molecular weight is 302 g/mol. The smallest absolute Gasteiger partial charge is 0.362 e. The second-order valence-corrected chi connectivity index (χ2v) is 4.90. The number of carbonyl (C=O) groups is 1. The maximum absolute atomic E-state index is 12.0. The molecule has 1 atom stereocenters. The van der Waals surface area contributed by atoms with Crippen LogP contribution in [0.3, 0.4) is 0 Å². The normalized spacial score (nSPS) is 18.5. The van der Waals surface area contributed by atoms with Gasteiger partial charge in [-0.15, -0.1) is 0 Å². The third-order valence-electron chi connectivity index (χ3n) is 3.45. The molecular formula is C14H17F3N2O2. The highest BCUT2D eigenvalue weighted by atomic mass is 19.4. The van der Waals surface area contributed by atoms with Crippen molar-refractivity contribution in [2.24, 2.45) is 5.73 Å². The van der Waals surface area contributed by atoms with E-state index >= 15 is 0 Å². The lowest BCUT2D eigenvalue weighted by molar-refractivity contribution is -0.178. The van der Waals surface area contributed by atoms with E-state index in [9.17, 15) is 18.0 Å². The zero-order valence-corrected chi connectivity index (χ0v) is 11.4. The number of hydrogen-bond acceptors (Lipinski definition) is 3. The molecular weight excluding hydrogens is 285 g/mol. The molecule has 0 radical (unpaired) electrons. The van der Waals surface area contributed by atoms with Gasteiger partial charge in [0.1, 0.15) is 13.2 Å². The minimum absolute atomic E-state index is 0.224. The van der Waals surface area contributed by atoms with Crippen LogP contribution in [-0.4, -0.2) is 43.3 Å². The highest BCUT2D eigenvalue weighted by molar-refractivity contribution is 5.78. The van der Waals surface area contributed by atoms with E-state index in [1.807, 2.05) is 24.3 Å². The lowest BCUT2D eigenvalue weighted by Crippen LogP contribution is -2.45. The number of carbonyl (C=O) groups excluding carboxylic acids is 1. The number of nitrogens with zero attached hydrogens (tertiary/aromatic N) is 1. The fraction of sp³-hybridized carbons (Fsp3) is 0.500. The summed E-state index contributed by atoms with van der Waals surface area (Å²) in [6.45, 7) is -1.34. The van der Waals surface area contributed by atoms with Crippen LogP contribution in [0.25, 0.3) is 0 Å². The zero-order valence-electron chi connectivity index (χ0n) is 11.4. The van der Waals surface area contributed by atoms with Crippen molar-refractivity contribution in [2.45, 2.75) is 18.6 Å². The Balaban J connectivity index is 2.02. The molecule has 0 saturated carbocycles. The number of halogens is 3. The Kier molecular flexibility index (Phi) is 4.84. The van der Waals surface area contributed by atoms with Gasteiger partial charge in [-0.05, 0) is 17.5 Å². The largest absolute Gasteiger partial charge is 0.411 e. The number of rotatable bonds is 4. The van der Waals surface area contributed by atoms with E-state index in [1.54, 1.807) is 0 Å². The molecule has 1 aliphatic rings. The minimum atomic E-state index is -4.43. The second-order valence-electron chi connectivity index (χ2n) is 4.90. The van der Waals surface area contributed by atoms with E-state index < -0.39 is 25.3 Å². The van der Waals surface area contributed by atoms with Crippen LogP contribution in [0.2, 0.25) is 0 Å². The highest BCUT2D eigenvalue weighted by Gasteiger charge is 2.31. The molecule has 2 N–H and O–H groups in total. The molecule has 1 aromatic rings. The molecule has 0 bridgehead atoms. The van der Waals surface area contributed by atoms with Crippen molar-refractivity contribution in [3.05, 3.63) is 35.4 Å². The fourth-order valence-electron chi connectivity index (χ4n) is 2.54. The predicted octanol–water partition coefficient (Wildman–Crippen LogP) is 1.65. The Hall–Kier alpha value is -1.60. The van der Waals surface area contributed by atoms with Gasteiger partial charge < -0.3 is 15.4 Å². The molecule has 1 heterocycles. The lowest BCUT2D eigenvalue weighted by atomic mass is 9.92. The maximum atomic E-state index is 12.0. The summed E-state index contributed by atoms with van der Waals surface area (Å²) in [7, 11) is 0. The van der Waals surface area contributed by atoms with Gasteiger partial charge in [-0.1, -0.05) is 24.3 Å². The summed E-state index contributed by atoms with van der Waals surface area (Å²) in [4.78, 5) is 13.5. The summed E-state index contributed by atoms with van der Waals surface area (Å²) in [5.74, 6) is -0.468. The van der Waals surface area contributed by atoms with Crippen molar-refractivity contribution in [3.63, 3.8) is 0 Å². The lowest BCUT2D eigenvalue weighted by Gasteiger charge is -2.36. The van der Waals surface area contributed by atoms with Gasteiger partial charge in [0.25, 0.3) is 0 Å². The molecule has 0 saturated heterocycles. The molecule has 1 unspecified atom stereocenters. The number of alkyl halides is 3. The molecule has 1 aromatic carbocycles. The van der Waals surface area contributed by atoms with E-state index in [0.717, 1.165) is 11.1 Å². The Labute approximate surface area is 120 Å². The monoisotopic (exact) mass is 302 g/mol. The Morgan fingerprint density at radius 1 is 1.38 bits per heavy atom. The van der Waals surface area contributed by atoms with E-state index in [4.69, 9.17) is 5.73 Å². The first kappa shape index (κ1) is 15.8. The second kappa shape index (κ2) is 6.44. The van der Waals surface area contributed by atoms with E-state index in [-0.39, 0.29) is 12.6 Å². The Bertz CT molecular complexity index is 505. The van der Waals surface area contributed by atoms with Gasteiger partial charge in [0, 0.05) is 13.1 Å². The molecule has 4 nitrogen and oxygen atoms in total. The molecule has 0 aromatic heterocycles. The first-order valence-electron chi connectivity index (χ1n) is 6.64. The van der Waals surface area contributed by atoms with Gasteiger partial charge in [0.2, 0.25) is 5.91 Å². The number of nitrogens with two attached hydrogens (primary N) is 1. The first-order valence-corrected chi connectivity index (χ1v) is 6.64. The molecule has 0 fully saturated rings. The first-order chi connectivity index (χ1) is 9.92. The van der Waals surface area contributed by atoms with Crippen LogP contribution in [0.4, 0.5) is 13.2 Å². The number of ether oxygens (including phenoxy) is 1. The van der Waals surface area contributed by atoms with Crippen molar-refractivity contribution < 1.29 is 22.7 Å². The molecule has 7 heteroatoms. The highest BCUT2D eigenvalue weighted by Crippen LogP contribution is 2.28. The van der Waals surface area contributed by atoms with Crippen LogP contribution >= 0.6 is 0 Å². The Morgan fingerprint density at radius 2 is 2.10 bits per heavy atom. The van der Waals surface area contributed by atoms with Crippen molar-refractivity contribution in [1.29, 1.82) is 0 Å². The van der Waals surface area contributed by atoms with Gasteiger partial charge >= 0.3 is 6.18 Å². The van der Waals surface area contributed by atoms with Gasteiger partial charge in [-0.3, -0.25) is 4.79 Å². The van der Waals surface area contributed by atoms with Gasteiger partial charge in [0.05, 0.1) is 6.04 Å². The summed E-state index contributed by atoms with van der Waals surface area (Å²) < 4.78 is 40.5. The SMILES string of the molecule is NCC1c2ccccc2CCN1C(=O)COCC(F)(F)F. The minimum Gasteiger partial charge on any atom is -0.362 e. The topological polar surface area (TPSA) is 55.6 Å². The molecule has 1 aliphatic heterocycles. The van der Waals surface area contributed by atoms with Gasteiger partial charge in [-0.2, -0.15) is 13.2 Å². The number of hydrogen-bond donors (Lipinski definition) is 1. The fourth-order valence-corrected chi connectivity index (χ4v) is 2.54. The summed E-state index contributed by atoms with van der Waals surface area (Å²) in [5, 5.41) is 0. The van der Waals surface area contributed by atoms with E-state index in [1.165, 1.54) is 4.90 Å². The van der Waals surface area contributed by atoms with E-state index in [2.05, 4.69) is 4.74 Å². The van der Waals surface area contributed by atoms with Crippen LogP contribution in [-0.2, 0) is 16.0 Å². The summed E-state index contributed by atoms with van der Waals surface area (Å²) in [6.07, 6.45) is -3.76. The van der Waals surface area contributed by atoms with Crippen LogP contribution in [0.5, 0.6) is 0 Å². The van der Waals surface area contributed by atoms with Crippen molar-refractivity contribution in [1.82, 2.24) is 4.90 Å². The maximum Gasteiger partial charge on any atom is 0.411 e. The van der Waals surface area contributed by atoms with Crippen molar-refractivity contribution in [3.8, 4) is 0 Å². The zero-order chi connectivity index (χ0) is 15.5. The molecule has 116 valence electrons. The third kappa shape index (κ3) is 3.95. The Morgan fingerprint density at radius 3 is 2.76 bits per heavy atom. The molecule has 1 amide bonds. The molecule has 21 heavy (non-hydrogen) atoms. The number of fused-ring (bicyclic) bond motifs is 1. The molecule has 0 aliphatic carbocycles. The quantitative estimate of drug-likeness (QED) is 0.920. The van der Waals surface area contributed by atoms with Crippen LogP contribution in [0.1, 0.15) is 17.2 Å². The summed E-state index contributed by atoms with van der Waals surface area (Å²) >= 11 is 0. The van der Waals surface area contributed by atoms with Gasteiger partial charge in [-0.25, -0.2) is 0 Å². The molecule has 2 rings (SSSR count). The van der Waals surface area contributed by atoms with E-state index in [0.29, 0.717) is 13.0 Å².